The summed E-state index contributed by atoms with van der Waals surface area (Å²) >= 11 is 0. The van der Waals surface area contributed by atoms with Gasteiger partial charge < -0.3 is 9.88 Å². The highest BCUT2D eigenvalue weighted by molar-refractivity contribution is 5.29. The number of nitrogens with zero attached hydrogens (tertiary/aromatic N) is 5. The van der Waals surface area contributed by atoms with Crippen molar-refractivity contribution in [1.29, 1.82) is 0 Å². The molecule has 0 amide bonds. The summed E-state index contributed by atoms with van der Waals surface area (Å²) < 4.78 is 3.99. The zero-order valence-corrected chi connectivity index (χ0v) is 11.2. The molecule has 0 aliphatic carbocycles. The van der Waals surface area contributed by atoms with E-state index in [1.54, 1.807) is 6.20 Å². The average Bonchev–Trinajstić information content (AvgIpc) is 2.93. The van der Waals surface area contributed by atoms with Crippen molar-refractivity contribution in [2.24, 2.45) is 0 Å². The van der Waals surface area contributed by atoms with Gasteiger partial charge in [-0.05, 0) is 27.2 Å². The molecule has 0 aromatic carbocycles. The maximum atomic E-state index is 4.48. The lowest BCUT2D eigenvalue weighted by Crippen LogP contribution is -2.12. The number of imidazole rings is 1. The second-order valence-corrected chi connectivity index (χ2v) is 4.65. The van der Waals surface area contributed by atoms with Crippen LogP contribution in [-0.4, -0.2) is 31.1 Å². The van der Waals surface area contributed by atoms with Crippen LogP contribution in [0.4, 0.5) is 5.95 Å². The van der Waals surface area contributed by atoms with Crippen molar-refractivity contribution in [2.45, 2.75) is 39.8 Å². The van der Waals surface area contributed by atoms with Gasteiger partial charge in [-0.3, -0.25) is 4.68 Å². The van der Waals surface area contributed by atoms with E-state index in [1.165, 1.54) is 0 Å². The van der Waals surface area contributed by atoms with Gasteiger partial charge in [-0.15, -0.1) is 5.10 Å². The Morgan fingerprint density at radius 2 is 2.22 bits per heavy atom. The summed E-state index contributed by atoms with van der Waals surface area (Å²) in [6.07, 6.45) is 6.64. The number of hydrogen-bond donors (Lipinski definition) is 1. The number of rotatable bonds is 6. The number of hydrogen-bond acceptors (Lipinski definition) is 4. The van der Waals surface area contributed by atoms with Crippen LogP contribution in [0.1, 0.15) is 32.0 Å². The van der Waals surface area contributed by atoms with Crippen molar-refractivity contribution in [3.63, 3.8) is 0 Å². The van der Waals surface area contributed by atoms with Crippen LogP contribution in [-0.2, 0) is 6.54 Å². The molecule has 0 atom stereocenters. The molecule has 0 aliphatic rings. The standard InChI is InChI=1S/C12H20N6/c1-10(2)18-9-11(3)15-12(18)13-5-4-7-17-8-6-14-16-17/h6,8-10H,4-5,7H2,1-3H3,(H,13,15). The Morgan fingerprint density at radius 1 is 1.39 bits per heavy atom. The van der Waals surface area contributed by atoms with Gasteiger partial charge in [0.1, 0.15) is 0 Å². The number of aryl methyl sites for hydroxylation is 2. The Morgan fingerprint density at radius 3 is 2.89 bits per heavy atom. The molecule has 2 aromatic rings. The van der Waals surface area contributed by atoms with E-state index >= 15 is 0 Å². The Kier molecular flexibility index (Phi) is 3.96. The van der Waals surface area contributed by atoms with Gasteiger partial charge in [0, 0.05) is 31.5 Å². The van der Waals surface area contributed by atoms with Crippen LogP contribution in [0.5, 0.6) is 0 Å². The molecule has 2 rings (SSSR count). The van der Waals surface area contributed by atoms with E-state index in [0.717, 1.165) is 31.2 Å². The summed E-state index contributed by atoms with van der Waals surface area (Å²) in [5.41, 5.74) is 1.04. The molecule has 2 heterocycles. The first-order chi connectivity index (χ1) is 8.66. The SMILES string of the molecule is Cc1cn(C(C)C)c(NCCCn2ccnn2)n1. The van der Waals surface area contributed by atoms with Crippen molar-refractivity contribution in [1.82, 2.24) is 24.5 Å². The van der Waals surface area contributed by atoms with E-state index in [0.29, 0.717) is 6.04 Å². The van der Waals surface area contributed by atoms with E-state index in [9.17, 15) is 0 Å². The maximum absolute atomic E-state index is 4.48. The molecule has 6 nitrogen and oxygen atoms in total. The summed E-state index contributed by atoms with van der Waals surface area (Å²) in [6, 6.07) is 0.420. The summed E-state index contributed by atoms with van der Waals surface area (Å²) in [5, 5.41) is 11.1. The first kappa shape index (κ1) is 12.6. The second-order valence-electron chi connectivity index (χ2n) is 4.65. The van der Waals surface area contributed by atoms with Crippen LogP contribution >= 0.6 is 0 Å². The van der Waals surface area contributed by atoms with Gasteiger partial charge in [0.25, 0.3) is 0 Å². The van der Waals surface area contributed by atoms with E-state index < -0.39 is 0 Å². The zero-order chi connectivity index (χ0) is 13.0. The Labute approximate surface area is 107 Å². The molecular weight excluding hydrogens is 228 g/mol. The fourth-order valence-electron chi connectivity index (χ4n) is 1.83. The average molecular weight is 248 g/mol. The summed E-state index contributed by atoms with van der Waals surface area (Å²) in [6.45, 7) is 8.07. The smallest absolute Gasteiger partial charge is 0.203 e. The lowest BCUT2D eigenvalue weighted by Gasteiger charge is -2.12. The van der Waals surface area contributed by atoms with E-state index in [4.69, 9.17) is 0 Å². The summed E-state index contributed by atoms with van der Waals surface area (Å²) in [5.74, 6) is 0.945. The van der Waals surface area contributed by atoms with Crippen LogP contribution in [0.3, 0.4) is 0 Å². The quantitative estimate of drug-likeness (QED) is 0.793. The van der Waals surface area contributed by atoms with Crippen molar-refractivity contribution in [3.05, 3.63) is 24.3 Å². The maximum Gasteiger partial charge on any atom is 0.203 e. The largest absolute Gasteiger partial charge is 0.356 e. The minimum absolute atomic E-state index is 0.420. The molecule has 18 heavy (non-hydrogen) atoms. The molecule has 0 saturated carbocycles. The van der Waals surface area contributed by atoms with Crippen molar-refractivity contribution in [2.75, 3.05) is 11.9 Å². The predicted molar refractivity (Wildman–Crippen MR) is 70.5 cm³/mol. The van der Waals surface area contributed by atoms with Crippen LogP contribution in [0.15, 0.2) is 18.6 Å². The number of aromatic nitrogens is 5. The van der Waals surface area contributed by atoms with Gasteiger partial charge in [0.15, 0.2) is 0 Å². The van der Waals surface area contributed by atoms with Crippen LogP contribution in [0.2, 0.25) is 0 Å². The third-order valence-electron chi connectivity index (χ3n) is 2.73. The molecule has 0 fully saturated rings. The van der Waals surface area contributed by atoms with Gasteiger partial charge >= 0.3 is 0 Å². The Bertz CT molecular complexity index is 471. The third-order valence-corrected chi connectivity index (χ3v) is 2.73. The fourth-order valence-corrected chi connectivity index (χ4v) is 1.83. The van der Waals surface area contributed by atoms with Crippen molar-refractivity contribution in [3.8, 4) is 0 Å². The molecule has 6 heteroatoms. The molecular formula is C12H20N6. The molecule has 0 saturated heterocycles. The first-order valence-corrected chi connectivity index (χ1v) is 6.30. The van der Waals surface area contributed by atoms with Gasteiger partial charge in [-0.1, -0.05) is 5.21 Å². The summed E-state index contributed by atoms with van der Waals surface area (Å²) in [7, 11) is 0. The lowest BCUT2D eigenvalue weighted by atomic mass is 10.4. The van der Waals surface area contributed by atoms with Crippen LogP contribution in [0, 0.1) is 6.92 Å². The molecule has 2 aromatic heterocycles. The monoisotopic (exact) mass is 248 g/mol. The second kappa shape index (κ2) is 5.66. The van der Waals surface area contributed by atoms with Gasteiger partial charge in [-0.25, -0.2) is 4.98 Å². The normalized spacial score (nSPS) is 11.1. The Hall–Kier alpha value is -1.85. The molecule has 0 bridgehead atoms. The van der Waals surface area contributed by atoms with Crippen LogP contribution in [0.25, 0.3) is 0 Å². The third kappa shape index (κ3) is 3.09. The minimum Gasteiger partial charge on any atom is -0.356 e. The highest BCUT2D eigenvalue weighted by Crippen LogP contribution is 2.14. The first-order valence-electron chi connectivity index (χ1n) is 6.30. The van der Waals surface area contributed by atoms with Crippen molar-refractivity contribution >= 4 is 5.95 Å². The zero-order valence-electron chi connectivity index (χ0n) is 11.2. The van der Waals surface area contributed by atoms with Crippen LogP contribution < -0.4 is 5.32 Å². The van der Waals surface area contributed by atoms with E-state index in [1.807, 2.05) is 17.8 Å². The van der Waals surface area contributed by atoms with Gasteiger partial charge in [-0.2, -0.15) is 0 Å². The molecule has 98 valence electrons. The van der Waals surface area contributed by atoms with E-state index in [2.05, 4.69) is 45.2 Å². The molecule has 0 spiro atoms. The highest BCUT2D eigenvalue weighted by Gasteiger charge is 2.07. The number of nitrogens with one attached hydrogen (secondary N) is 1. The van der Waals surface area contributed by atoms with Gasteiger partial charge in [0.05, 0.1) is 11.9 Å². The molecule has 0 unspecified atom stereocenters. The van der Waals surface area contributed by atoms with Gasteiger partial charge in [0.2, 0.25) is 5.95 Å². The fraction of sp³-hybridized carbons (Fsp3) is 0.583. The van der Waals surface area contributed by atoms with Crippen molar-refractivity contribution < 1.29 is 0 Å². The highest BCUT2D eigenvalue weighted by atomic mass is 15.4. The predicted octanol–water partition coefficient (Wildman–Crippen LogP) is 1.87. The molecule has 1 N–H and O–H groups in total. The molecule has 0 radical (unpaired) electrons. The lowest BCUT2D eigenvalue weighted by molar-refractivity contribution is 0.564. The Balaban J connectivity index is 1.83. The summed E-state index contributed by atoms with van der Waals surface area (Å²) in [4.78, 5) is 4.48. The minimum atomic E-state index is 0.420. The topological polar surface area (TPSA) is 60.6 Å². The molecule has 0 aliphatic heterocycles. The van der Waals surface area contributed by atoms with E-state index in [-0.39, 0.29) is 0 Å². The number of anilines is 1.